The molecule has 0 aliphatic heterocycles. The van der Waals surface area contributed by atoms with Crippen LogP contribution in [0.2, 0.25) is 5.02 Å². The highest BCUT2D eigenvalue weighted by molar-refractivity contribution is 7.21. The summed E-state index contributed by atoms with van der Waals surface area (Å²) in [5, 5.41) is 5.10. The molecule has 0 radical (unpaired) electrons. The molecule has 7 nitrogen and oxygen atoms in total. The molecule has 0 bridgehead atoms. The number of amides is 1. The second-order valence-corrected chi connectivity index (χ2v) is 8.87. The Balaban J connectivity index is 1.37. The molecule has 9 heteroatoms. The fourth-order valence-electron chi connectivity index (χ4n) is 3.21. The van der Waals surface area contributed by atoms with Crippen molar-refractivity contribution in [2.75, 3.05) is 13.7 Å². The maximum absolute atomic E-state index is 12.7. The van der Waals surface area contributed by atoms with Gasteiger partial charge in [0.2, 0.25) is 0 Å². The number of benzene rings is 3. The molecular weight excluding hydrogens is 488 g/mol. The summed E-state index contributed by atoms with van der Waals surface area (Å²) in [5.74, 6) is 0.195. The lowest BCUT2D eigenvalue weighted by molar-refractivity contribution is -0.123. The van der Waals surface area contributed by atoms with Crippen LogP contribution in [0.25, 0.3) is 10.1 Å². The smallest absolute Gasteiger partial charge is 0.355 e. The predicted molar refractivity (Wildman–Crippen MR) is 137 cm³/mol. The number of carbonyl (C=O) groups is 2. The number of rotatable bonds is 8. The highest BCUT2D eigenvalue weighted by Gasteiger charge is 2.20. The largest absolute Gasteiger partial charge is 0.493 e. The van der Waals surface area contributed by atoms with Crippen molar-refractivity contribution in [1.82, 2.24) is 5.43 Å². The minimum Gasteiger partial charge on any atom is -0.493 e. The fraction of sp³-hybridized carbons (Fsp3) is 0.115. The summed E-state index contributed by atoms with van der Waals surface area (Å²) in [6, 6.07) is 19.8. The van der Waals surface area contributed by atoms with Crippen LogP contribution >= 0.6 is 22.9 Å². The van der Waals surface area contributed by atoms with E-state index in [1.165, 1.54) is 24.7 Å². The third-order valence-electron chi connectivity index (χ3n) is 4.87. The Hall–Kier alpha value is -3.88. The third kappa shape index (κ3) is 5.98. The maximum Gasteiger partial charge on any atom is 0.355 e. The number of methoxy groups -OCH3 is 1. The van der Waals surface area contributed by atoms with Gasteiger partial charge in [-0.2, -0.15) is 5.10 Å². The van der Waals surface area contributed by atoms with Crippen LogP contribution < -0.4 is 19.6 Å². The van der Waals surface area contributed by atoms with Crippen molar-refractivity contribution in [2.45, 2.75) is 6.92 Å². The Kier molecular flexibility index (Phi) is 7.64. The first-order valence-corrected chi connectivity index (χ1v) is 11.7. The lowest BCUT2D eigenvalue weighted by Gasteiger charge is -2.09. The monoisotopic (exact) mass is 508 g/mol. The molecule has 0 atom stereocenters. The molecule has 3 aromatic carbocycles. The molecule has 0 saturated heterocycles. The maximum atomic E-state index is 12.7. The number of hydrogen-bond donors (Lipinski definition) is 1. The number of fused-ring (bicyclic) bond motifs is 1. The first kappa shape index (κ1) is 24.3. The molecule has 178 valence electrons. The van der Waals surface area contributed by atoms with E-state index in [-0.39, 0.29) is 12.4 Å². The van der Waals surface area contributed by atoms with Crippen LogP contribution in [-0.4, -0.2) is 31.8 Å². The lowest BCUT2D eigenvalue weighted by Crippen LogP contribution is -2.24. The van der Waals surface area contributed by atoms with Crippen molar-refractivity contribution >= 4 is 51.1 Å². The zero-order valence-corrected chi connectivity index (χ0v) is 20.5. The van der Waals surface area contributed by atoms with E-state index in [1.807, 2.05) is 49.4 Å². The fourth-order valence-corrected chi connectivity index (χ4v) is 4.59. The summed E-state index contributed by atoms with van der Waals surface area (Å²) in [4.78, 5) is 25.0. The summed E-state index contributed by atoms with van der Waals surface area (Å²) < 4.78 is 17.2. The number of thiophene rings is 1. The molecule has 0 aliphatic rings. The van der Waals surface area contributed by atoms with Crippen molar-refractivity contribution in [1.29, 1.82) is 0 Å². The molecule has 1 aromatic heterocycles. The molecule has 4 rings (SSSR count). The van der Waals surface area contributed by atoms with Crippen molar-refractivity contribution in [2.24, 2.45) is 5.10 Å². The standard InChI is InChI=1S/C26H21ClN2O5S/c1-16-6-5-7-18(12-16)33-15-23(30)29-28-14-17-10-11-20(21(13-17)32-2)34-26(31)25-24(27)19-8-3-4-9-22(19)35-25/h3-14H,15H2,1-2H3,(H,29,30)/b28-14-. The minimum atomic E-state index is -0.572. The number of ether oxygens (including phenoxy) is 3. The van der Waals surface area contributed by atoms with Crippen LogP contribution in [0, 0.1) is 6.92 Å². The van der Waals surface area contributed by atoms with E-state index in [9.17, 15) is 9.59 Å². The van der Waals surface area contributed by atoms with Gasteiger partial charge in [-0.1, -0.05) is 41.9 Å². The highest BCUT2D eigenvalue weighted by Crippen LogP contribution is 2.37. The predicted octanol–water partition coefficient (Wildman–Crippen LogP) is 5.62. The highest BCUT2D eigenvalue weighted by atomic mass is 35.5. The molecule has 4 aromatic rings. The van der Waals surface area contributed by atoms with Gasteiger partial charge in [0.15, 0.2) is 18.1 Å². The number of hydrogen-bond acceptors (Lipinski definition) is 7. The summed E-state index contributed by atoms with van der Waals surface area (Å²) in [5.41, 5.74) is 4.07. The van der Waals surface area contributed by atoms with E-state index >= 15 is 0 Å². The molecule has 0 aliphatic carbocycles. The molecule has 0 spiro atoms. The van der Waals surface area contributed by atoms with Crippen molar-refractivity contribution in [3.05, 3.63) is 87.8 Å². The third-order valence-corrected chi connectivity index (χ3v) is 6.53. The lowest BCUT2D eigenvalue weighted by atomic mass is 10.2. The number of halogens is 1. The van der Waals surface area contributed by atoms with E-state index in [0.29, 0.717) is 27.0 Å². The van der Waals surface area contributed by atoms with Gasteiger partial charge in [0.25, 0.3) is 5.91 Å². The summed E-state index contributed by atoms with van der Waals surface area (Å²) in [7, 11) is 1.46. The first-order chi connectivity index (χ1) is 16.9. The van der Waals surface area contributed by atoms with Gasteiger partial charge in [0.05, 0.1) is 18.3 Å². The van der Waals surface area contributed by atoms with Crippen LogP contribution in [0.4, 0.5) is 0 Å². The molecule has 1 heterocycles. The van der Waals surface area contributed by atoms with Gasteiger partial charge < -0.3 is 14.2 Å². The number of aryl methyl sites for hydroxylation is 1. The minimum absolute atomic E-state index is 0.167. The van der Waals surface area contributed by atoms with Gasteiger partial charge in [-0.3, -0.25) is 4.79 Å². The molecule has 0 unspecified atom stereocenters. The van der Waals surface area contributed by atoms with E-state index in [0.717, 1.165) is 15.6 Å². The second kappa shape index (κ2) is 11.0. The molecule has 1 N–H and O–H groups in total. The SMILES string of the molecule is COc1cc(/C=N\NC(=O)COc2cccc(C)c2)ccc1OC(=O)c1sc2ccccc2c1Cl. The van der Waals surface area contributed by atoms with Gasteiger partial charge in [-0.25, -0.2) is 10.2 Å². The number of hydrazone groups is 1. The van der Waals surface area contributed by atoms with Gasteiger partial charge in [0, 0.05) is 10.1 Å². The van der Waals surface area contributed by atoms with Gasteiger partial charge in [0.1, 0.15) is 10.6 Å². The summed E-state index contributed by atoms with van der Waals surface area (Å²) >= 11 is 7.65. The van der Waals surface area contributed by atoms with Crippen LogP contribution in [0.3, 0.4) is 0 Å². The summed E-state index contributed by atoms with van der Waals surface area (Å²) in [6.07, 6.45) is 1.45. The topological polar surface area (TPSA) is 86.2 Å². The Labute approximate surface area is 210 Å². The number of carbonyl (C=O) groups excluding carboxylic acids is 2. The molecule has 0 fully saturated rings. The normalized spacial score (nSPS) is 10.9. The van der Waals surface area contributed by atoms with Gasteiger partial charge in [-0.15, -0.1) is 11.3 Å². The zero-order chi connectivity index (χ0) is 24.8. The van der Waals surface area contributed by atoms with E-state index in [1.54, 1.807) is 24.3 Å². The molecular formula is C26H21ClN2O5S. The molecule has 0 saturated carbocycles. The number of nitrogens with one attached hydrogen (secondary N) is 1. The average molecular weight is 509 g/mol. The quantitative estimate of drug-likeness (QED) is 0.144. The Morgan fingerprint density at radius 3 is 2.66 bits per heavy atom. The van der Waals surface area contributed by atoms with Crippen molar-refractivity contribution < 1.29 is 23.8 Å². The van der Waals surface area contributed by atoms with Crippen LogP contribution in [0.15, 0.2) is 71.8 Å². The van der Waals surface area contributed by atoms with E-state index in [4.69, 9.17) is 25.8 Å². The van der Waals surface area contributed by atoms with E-state index in [2.05, 4.69) is 10.5 Å². The van der Waals surface area contributed by atoms with Crippen LogP contribution in [0.1, 0.15) is 20.8 Å². The first-order valence-electron chi connectivity index (χ1n) is 10.5. The Morgan fingerprint density at radius 1 is 1.06 bits per heavy atom. The second-order valence-electron chi connectivity index (χ2n) is 7.44. The Bertz CT molecular complexity index is 1420. The van der Waals surface area contributed by atoms with Gasteiger partial charge >= 0.3 is 5.97 Å². The average Bonchev–Trinajstić information content (AvgIpc) is 3.20. The van der Waals surface area contributed by atoms with E-state index < -0.39 is 11.9 Å². The zero-order valence-electron chi connectivity index (χ0n) is 18.9. The van der Waals surface area contributed by atoms with Crippen molar-refractivity contribution in [3.8, 4) is 17.2 Å². The number of esters is 1. The molecule has 35 heavy (non-hydrogen) atoms. The Morgan fingerprint density at radius 2 is 1.89 bits per heavy atom. The van der Waals surface area contributed by atoms with Crippen molar-refractivity contribution in [3.63, 3.8) is 0 Å². The van der Waals surface area contributed by atoms with Crippen LogP contribution in [0.5, 0.6) is 17.2 Å². The molecule has 1 amide bonds. The van der Waals surface area contributed by atoms with Crippen LogP contribution in [-0.2, 0) is 4.79 Å². The van der Waals surface area contributed by atoms with Gasteiger partial charge in [-0.05, 0) is 54.4 Å². The number of nitrogens with zero attached hydrogens (tertiary/aromatic N) is 1. The summed E-state index contributed by atoms with van der Waals surface area (Å²) in [6.45, 7) is 1.77.